The van der Waals surface area contributed by atoms with Crippen LogP contribution in [0.4, 0.5) is 0 Å². The van der Waals surface area contributed by atoms with Crippen molar-refractivity contribution < 1.29 is 4.79 Å². The van der Waals surface area contributed by atoms with Crippen LogP contribution in [-0.4, -0.2) is 37.0 Å². The summed E-state index contributed by atoms with van der Waals surface area (Å²) >= 11 is 0. The van der Waals surface area contributed by atoms with E-state index in [-0.39, 0.29) is 11.9 Å². The second-order valence-corrected chi connectivity index (χ2v) is 3.14. The lowest BCUT2D eigenvalue weighted by Gasteiger charge is -2.24. The summed E-state index contributed by atoms with van der Waals surface area (Å²) in [5.74, 6) is 0.213. The zero-order chi connectivity index (χ0) is 8.27. The van der Waals surface area contributed by atoms with Gasteiger partial charge < -0.3 is 10.2 Å². The largest absolute Gasteiger partial charge is 0.344 e. The molecular formula is C8H16N2O. The number of hydrogen-bond acceptors (Lipinski definition) is 2. The highest BCUT2D eigenvalue weighted by Gasteiger charge is 2.17. The topological polar surface area (TPSA) is 32.3 Å². The molecule has 1 unspecified atom stereocenters. The fourth-order valence-corrected chi connectivity index (χ4v) is 1.32. The van der Waals surface area contributed by atoms with Crippen LogP contribution >= 0.6 is 0 Å². The molecule has 1 atom stereocenters. The van der Waals surface area contributed by atoms with Crippen LogP contribution in [0.5, 0.6) is 0 Å². The molecule has 64 valence electrons. The molecule has 1 fully saturated rings. The minimum atomic E-state index is 0.000278. The monoisotopic (exact) mass is 156 g/mol. The number of carbonyl (C=O) groups excluding carboxylic acids is 1. The van der Waals surface area contributed by atoms with Gasteiger partial charge in [0.2, 0.25) is 5.91 Å². The lowest BCUT2D eigenvalue weighted by atomic mass is 10.2. The Morgan fingerprint density at radius 1 is 1.55 bits per heavy atom. The molecule has 1 N–H and O–H groups in total. The molecule has 0 aromatic carbocycles. The van der Waals surface area contributed by atoms with Crippen molar-refractivity contribution in [2.24, 2.45) is 0 Å². The zero-order valence-electron chi connectivity index (χ0n) is 7.26. The van der Waals surface area contributed by atoms with E-state index in [1.807, 2.05) is 14.0 Å². The summed E-state index contributed by atoms with van der Waals surface area (Å²) in [6.07, 6.45) is 2.28. The third-order valence-electron chi connectivity index (χ3n) is 2.12. The predicted octanol–water partition coefficient (Wildman–Crippen LogP) is 0.217. The Morgan fingerprint density at radius 2 is 2.27 bits per heavy atom. The third kappa shape index (κ3) is 2.19. The molecule has 1 amide bonds. The summed E-state index contributed by atoms with van der Waals surface area (Å²) in [7, 11) is 1.87. The van der Waals surface area contributed by atoms with Gasteiger partial charge in [-0.3, -0.25) is 4.79 Å². The van der Waals surface area contributed by atoms with Crippen molar-refractivity contribution in [3.8, 4) is 0 Å². The molecule has 1 aliphatic heterocycles. The standard InChI is InChI=1S/C8H16N2O/c1-7-8(11)10(2)6-4-3-5-9-7/h7,9H,3-6H2,1-2H3. The summed E-state index contributed by atoms with van der Waals surface area (Å²) in [6, 6.07) is 0.000278. The fraction of sp³-hybridized carbons (Fsp3) is 0.875. The maximum atomic E-state index is 11.4. The highest BCUT2D eigenvalue weighted by atomic mass is 16.2. The zero-order valence-corrected chi connectivity index (χ0v) is 7.26. The van der Waals surface area contributed by atoms with E-state index in [4.69, 9.17) is 0 Å². The van der Waals surface area contributed by atoms with E-state index in [0.717, 1.165) is 19.5 Å². The first-order chi connectivity index (χ1) is 5.22. The smallest absolute Gasteiger partial charge is 0.239 e. The minimum Gasteiger partial charge on any atom is -0.344 e. The van der Waals surface area contributed by atoms with Crippen LogP contribution in [0.25, 0.3) is 0 Å². The molecule has 0 spiro atoms. The van der Waals surface area contributed by atoms with Gasteiger partial charge in [-0.15, -0.1) is 0 Å². The molecule has 0 radical (unpaired) electrons. The van der Waals surface area contributed by atoms with Gasteiger partial charge in [0, 0.05) is 13.6 Å². The molecular weight excluding hydrogens is 140 g/mol. The molecule has 1 saturated heterocycles. The summed E-state index contributed by atoms with van der Waals surface area (Å²) in [5, 5.41) is 3.17. The van der Waals surface area contributed by atoms with Crippen molar-refractivity contribution in [1.29, 1.82) is 0 Å². The van der Waals surface area contributed by atoms with Gasteiger partial charge in [0.05, 0.1) is 6.04 Å². The minimum absolute atomic E-state index is 0.000278. The predicted molar refractivity (Wildman–Crippen MR) is 44.3 cm³/mol. The summed E-state index contributed by atoms with van der Waals surface area (Å²) < 4.78 is 0. The molecule has 0 saturated carbocycles. The van der Waals surface area contributed by atoms with E-state index in [1.54, 1.807) is 4.90 Å². The first-order valence-electron chi connectivity index (χ1n) is 4.20. The highest BCUT2D eigenvalue weighted by Crippen LogP contribution is 2.00. The Bertz CT molecular complexity index is 133. The Labute approximate surface area is 67.8 Å². The normalized spacial score (nSPS) is 28.0. The SMILES string of the molecule is CC1NCCCCN(C)C1=O. The highest BCUT2D eigenvalue weighted by molar-refractivity contribution is 5.81. The first kappa shape index (κ1) is 8.53. The molecule has 0 aromatic heterocycles. The van der Waals surface area contributed by atoms with Gasteiger partial charge in [-0.2, -0.15) is 0 Å². The lowest BCUT2D eigenvalue weighted by molar-refractivity contribution is -0.132. The van der Waals surface area contributed by atoms with Crippen LogP contribution in [-0.2, 0) is 4.79 Å². The van der Waals surface area contributed by atoms with Gasteiger partial charge >= 0.3 is 0 Å². The summed E-state index contributed by atoms with van der Waals surface area (Å²) in [4.78, 5) is 13.2. The van der Waals surface area contributed by atoms with Crippen LogP contribution in [0, 0.1) is 0 Å². The number of hydrogen-bond donors (Lipinski definition) is 1. The molecule has 1 aliphatic rings. The summed E-state index contributed by atoms with van der Waals surface area (Å²) in [6.45, 7) is 3.80. The fourth-order valence-electron chi connectivity index (χ4n) is 1.32. The average Bonchev–Trinajstić information content (AvgIpc) is 2.00. The summed E-state index contributed by atoms with van der Waals surface area (Å²) in [5.41, 5.74) is 0. The Hall–Kier alpha value is -0.570. The molecule has 3 nitrogen and oxygen atoms in total. The van der Waals surface area contributed by atoms with E-state index < -0.39 is 0 Å². The Balaban J connectivity index is 2.49. The molecule has 0 aliphatic carbocycles. The van der Waals surface area contributed by atoms with E-state index in [0.29, 0.717) is 0 Å². The van der Waals surface area contributed by atoms with Crippen LogP contribution < -0.4 is 5.32 Å². The van der Waals surface area contributed by atoms with Crippen LogP contribution in [0.1, 0.15) is 19.8 Å². The first-order valence-corrected chi connectivity index (χ1v) is 4.20. The number of likely N-dealkylation sites (N-methyl/N-ethyl adjacent to an activating group) is 1. The third-order valence-corrected chi connectivity index (χ3v) is 2.12. The van der Waals surface area contributed by atoms with Crippen molar-refractivity contribution in [3.63, 3.8) is 0 Å². The van der Waals surface area contributed by atoms with Crippen LogP contribution in [0.3, 0.4) is 0 Å². The number of nitrogens with one attached hydrogen (secondary N) is 1. The maximum absolute atomic E-state index is 11.4. The molecule has 11 heavy (non-hydrogen) atoms. The molecule has 0 bridgehead atoms. The van der Waals surface area contributed by atoms with Crippen molar-refractivity contribution >= 4 is 5.91 Å². The van der Waals surface area contributed by atoms with E-state index >= 15 is 0 Å². The molecule has 1 rings (SSSR count). The lowest BCUT2D eigenvalue weighted by Crippen LogP contribution is -2.45. The van der Waals surface area contributed by atoms with Crippen molar-refractivity contribution in [3.05, 3.63) is 0 Å². The molecule has 1 heterocycles. The van der Waals surface area contributed by atoms with Gasteiger partial charge in [-0.05, 0) is 26.3 Å². The van der Waals surface area contributed by atoms with Gasteiger partial charge in [0.15, 0.2) is 0 Å². The molecule has 0 aromatic rings. The van der Waals surface area contributed by atoms with E-state index in [9.17, 15) is 4.79 Å². The van der Waals surface area contributed by atoms with Gasteiger partial charge in [0.25, 0.3) is 0 Å². The van der Waals surface area contributed by atoms with Crippen molar-refractivity contribution in [2.45, 2.75) is 25.8 Å². The van der Waals surface area contributed by atoms with Gasteiger partial charge in [-0.25, -0.2) is 0 Å². The van der Waals surface area contributed by atoms with Crippen molar-refractivity contribution in [2.75, 3.05) is 20.1 Å². The Kier molecular flexibility index (Phi) is 2.88. The quantitative estimate of drug-likeness (QED) is 0.544. The number of carbonyl (C=O) groups is 1. The van der Waals surface area contributed by atoms with Gasteiger partial charge in [0.1, 0.15) is 0 Å². The average molecular weight is 156 g/mol. The van der Waals surface area contributed by atoms with Gasteiger partial charge in [-0.1, -0.05) is 0 Å². The molecule has 3 heteroatoms. The van der Waals surface area contributed by atoms with E-state index in [1.165, 1.54) is 6.42 Å². The number of nitrogens with zero attached hydrogens (tertiary/aromatic N) is 1. The van der Waals surface area contributed by atoms with E-state index in [2.05, 4.69) is 5.32 Å². The number of amides is 1. The number of rotatable bonds is 0. The Morgan fingerprint density at radius 3 is 3.00 bits per heavy atom. The second-order valence-electron chi connectivity index (χ2n) is 3.14. The van der Waals surface area contributed by atoms with Crippen molar-refractivity contribution in [1.82, 2.24) is 10.2 Å². The van der Waals surface area contributed by atoms with Crippen LogP contribution in [0.2, 0.25) is 0 Å². The van der Waals surface area contributed by atoms with Crippen LogP contribution in [0.15, 0.2) is 0 Å². The maximum Gasteiger partial charge on any atom is 0.239 e. The second kappa shape index (κ2) is 3.72.